The number of hydrogen-bond donors (Lipinski definition) is 0. The minimum atomic E-state index is -0.377. The van der Waals surface area contributed by atoms with Gasteiger partial charge in [0.2, 0.25) is 0 Å². The van der Waals surface area contributed by atoms with E-state index in [0.29, 0.717) is 23.0 Å². The normalized spacial score (nSPS) is 11.0. The molecule has 0 saturated heterocycles. The molecule has 23 heavy (non-hydrogen) atoms. The SMILES string of the molecule is Cc1cc(C)cc(COc2cc3oc(=O)cc(C)c3cc2Cl)c1. The molecule has 0 radical (unpaired) electrons. The number of rotatable bonds is 3. The van der Waals surface area contributed by atoms with Gasteiger partial charge in [-0.1, -0.05) is 40.9 Å². The van der Waals surface area contributed by atoms with Gasteiger partial charge >= 0.3 is 5.63 Å². The summed E-state index contributed by atoms with van der Waals surface area (Å²) in [6, 6.07) is 11.2. The second-order valence-electron chi connectivity index (χ2n) is 5.81. The van der Waals surface area contributed by atoms with Crippen LogP contribution in [-0.4, -0.2) is 0 Å². The third-order valence-electron chi connectivity index (χ3n) is 3.68. The van der Waals surface area contributed by atoms with Gasteiger partial charge in [-0.25, -0.2) is 4.79 Å². The van der Waals surface area contributed by atoms with Gasteiger partial charge in [0, 0.05) is 17.5 Å². The van der Waals surface area contributed by atoms with E-state index < -0.39 is 0 Å². The van der Waals surface area contributed by atoms with Gasteiger partial charge in [-0.05, 0) is 38.0 Å². The van der Waals surface area contributed by atoms with Crippen LogP contribution in [-0.2, 0) is 6.61 Å². The van der Waals surface area contributed by atoms with Crippen molar-refractivity contribution in [3.63, 3.8) is 0 Å². The van der Waals surface area contributed by atoms with E-state index in [9.17, 15) is 4.79 Å². The van der Waals surface area contributed by atoms with Crippen LogP contribution in [0, 0.1) is 20.8 Å². The predicted octanol–water partition coefficient (Wildman–Crippen LogP) is 4.95. The van der Waals surface area contributed by atoms with Gasteiger partial charge in [-0.15, -0.1) is 0 Å². The molecule has 0 atom stereocenters. The van der Waals surface area contributed by atoms with Crippen LogP contribution in [0.3, 0.4) is 0 Å². The predicted molar refractivity (Wildman–Crippen MR) is 92.5 cm³/mol. The lowest BCUT2D eigenvalue weighted by molar-refractivity contribution is 0.306. The molecule has 0 bridgehead atoms. The summed E-state index contributed by atoms with van der Waals surface area (Å²) in [5.41, 5.74) is 4.39. The van der Waals surface area contributed by atoms with E-state index in [0.717, 1.165) is 16.5 Å². The van der Waals surface area contributed by atoms with Crippen molar-refractivity contribution in [2.45, 2.75) is 27.4 Å². The molecule has 0 aliphatic rings. The van der Waals surface area contributed by atoms with Crippen LogP contribution in [0.2, 0.25) is 5.02 Å². The van der Waals surface area contributed by atoms with Gasteiger partial charge in [0.25, 0.3) is 0 Å². The van der Waals surface area contributed by atoms with E-state index in [4.69, 9.17) is 20.8 Å². The van der Waals surface area contributed by atoms with Crippen molar-refractivity contribution >= 4 is 22.6 Å². The summed E-state index contributed by atoms with van der Waals surface area (Å²) in [5, 5.41) is 1.31. The fourth-order valence-electron chi connectivity index (χ4n) is 2.74. The lowest BCUT2D eigenvalue weighted by Gasteiger charge is -2.11. The van der Waals surface area contributed by atoms with Crippen LogP contribution < -0.4 is 10.4 Å². The summed E-state index contributed by atoms with van der Waals surface area (Å²) >= 11 is 6.30. The number of benzene rings is 2. The Kier molecular flexibility index (Phi) is 4.14. The zero-order valence-electron chi connectivity index (χ0n) is 13.3. The van der Waals surface area contributed by atoms with E-state index in [-0.39, 0.29) is 5.63 Å². The number of aryl methyl sites for hydroxylation is 3. The Labute approximate surface area is 139 Å². The molecule has 118 valence electrons. The first-order valence-electron chi connectivity index (χ1n) is 7.36. The molecule has 0 unspecified atom stereocenters. The van der Waals surface area contributed by atoms with Crippen LogP contribution in [0.1, 0.15) is 22.3 Å². The Morgan fingerprint density at radius 2 is 1.70 bits per heavy atom. The second kappa shape index (κ2) is 6.09. The summed E-state index contributed by atoms with van der Waals surface area (Å²) in [4.78, 5) is 11.5. The van der Waals surface area contributed by atoms with Gasteiger partial charge in [0.05, 0.1) is 5.02 Å². The highest BCUT2D eigenvalue weighted by Crippen LogP contribution is 2.31. The Balaban J connectivity index is 1.93. The minimum Gasteiger partial charge on any atom is -0.487 e. The number of halogens is 1. The van der Waals surface area contributed by atoms with Crippen LogP contribution in [0.25, 0.3) is 11.0 Å². The molecule has 0 N–H and O–H groups in total. The van der Waals surface area contributed by atoms with Crippen LogP contribution in [0.15, 0.2) is 45.6 Å². The molecule has 3 nitrogen and oxygen atoms in total. The van der Waals surface area contributed by atoms with Crippen LogP contribution >= 0.6 is 11.6 Å². The maximum Gasteiger partial charge on any atom is 0.336 e. The zero-order valence-corrected chi connectivity index (χ0v) is 14.0. The molecule has 0 saturated carbocycles. The van der Waals surface area contributed by atoms with Crippen LogP contribution in [0.5, 0.6) is 5.75 Å². The van der Waals surface area contributed by atoms with Crippen molar-refractivity contribution in [2.75, 3.05) is 0 Å². The molecule has 4 heteroatoms. The Morgan fingerprint density at radius 3 is 2.39 bits per heavy atom. The van der Waals surface area contributed by atoms with Crippen molar-refractivity contribution in [2.24, 2.45) is 0 Å². The standard InChI is InChI=1S/C19H17ClO3/c1-11-4-12(2)6-14(5-11)10-22-18-9-17-15(8-16(18)20)13(3)7-19(21)23-17/h4-9H,10H2,1-3H3. The number of ether oxygens (including phenoxy) is 1. The van der Waals surface area contributed by atoms with E-state index in [2.05, 4.69) is 32.0 Å². The highest BCUT2D eigenvalue weighted by Gasteiger charge is 2.09. The molecule has 1 heterocycles. The lowest BCUT2D eigenvalue weighted by atomic mass is 10.1. The molecule has 0 spiro atoms. The third kappa shape index (κ3) is 3.40. The molecule has 0 aliphatic heterocycles. The molecule has 0 aliphatic carbocycles. The summed E-state index contributed by atoms with van der Waals surface area (Å²) in [5.74, 6) is 0.507. The number of hydrogen-bond acceptors (Lipinski definition) is 3. The molecular weight excluding hydrogens is 312 g/mol. The smallest absolute Gasteiger partial charge is 0.336 e. The number of fused-ring (bicyclic) bond motifs is 1. The third-order valence-corrected chi connectivity index (χ3v) is 3.98. The highest BCUT2D eigenvalue weighted by molar-refractivity contribution is 6.32. The fourth-order valence-corrected chi connectivity index (χ4v) is 2.96. The molecule has 2 aromatic carbocycles. The largest absolute Gasteiger partial charge is 0.487 e. The summed E-state index contributed by atoms with van der Waals surface area (Å²) in [6.07, 6.45) is 0. The van der Waals surface area contributed by atoms with E-state index in [1.807, 2.05) is 6.92 Å². The molecule has 3 rings (SSSR count). The lowest BCUT2D eigenvalue weighted by Crippen LogP contribution is -2.00. The quantitative estimate of drug-likeness (QED) is 0.638. The van der Waals surface area contributed by atoms with Gasteiger partial charge in [0.15, 0.2) is 0 Å². The maximum absolute atomic E-state index is 11.5. The average molecular weight is 329 g/mol. The van der Waals surface area contributed by atoms with Crippen molar-refractivity contribution in [3.8, 4) is 5.75 Å². The first-order chi connectivity index (χ1) is 10.9. The highest BCUT2D eigenvalue weighted by atomic mass is 35.5. The van der Waals surface area contributed by atoms with Crippen molar-refractivity contribution in [1.82, 2.24) is 0 Å². The van der Waals surface area contributed by atoms with Crippen LogP contribution in [0.4, 0.5) is 0 Å². The van der Waals surface area contributed by atoms with Gasteiger partial charge in [-0.2, -0.15) is 0 Å². The van der Waals surface area contributed by atoms with Crippen molar-refractivity contribution in [1.29, 1.82) is 0 Å². The van der Waals surface area contributed by atoms with Gasteiger partial charge in [-0.3, -0.25) is 0 Å². The summed E-state index contributed by atoms with van der Waals surface area (Å²) in [6.45, 7) is 6.36. The Hall–Kier alpha value is -2.26. The van der Waals surface area contributed by atoms with E-state index in [1.54, 1.807) is 12.1 Å². The summed E-state index contributed by atoms with van der Waals surface area (Å²) < 4.78 is 11.1. The maximum atomic E-state index is 11.5. The molecule has 0 amide bonds. The Morgan fingerprint density at radius 1 is 1.00 bits per heavy atom. The molecule has 0 fully saturated rings. The molecular formula is C19H17ClO3. The molecule has 1 aromatic heterocycles. The Bertz CT molecular complexity index is 921. The van der Waals surface area contributed by atoms with Gasteiger partial charge < -0.3 is 9.15 Å². The average Bonchev–Trinajstić information content (AvgIpc) is 2.45. The summed E-state index contributed by atoms with van der Waals surface area (Å²) in [7, 11) is 0. The second-order valence-corrected chi connectivity index (χ2v) is 6.22. The topological polar surface area (TPSA) is 39.4 Å². The van der Waals surface area contributed by atoms with E-state index in [1.165, 1.54) is 17.2 Å². The van der Waals surface area contributed by atoms with Crippen molar-refractivity contribution in [3.05, 3.63) is 74.1 Å². The van der Waals surface area contributed by atoms with E-state index >= 15 is 0 Å². The first-order valence-corrected chi connectivity index (χ1v) is 7.74. The zero-order chi connectivity index (χ0) is 16.6. The first kappa shape index (κ1) is 15.6. The van der Waals surface area contributed by atoms with Crippen molar-refractivity contribution < 1.29 is 9.15 Å². The van der Waals surface area contributed by atoms with Gasteiger partial charge in [0.1, 0.15) is 17.9 Å². The molecule has 3 aromatic rings. The fraction of sp³-hybridized carbons (Fsp3) is 0.211. The monoisotopic (exact) mass is 328 g/mol. The minimum absolute atomic E-state index is 0.377.